The first-order valence-electron chi connectivity index (χ1n) is 4.49. The molecular formula is C12H6F3I. The lowest BCUT2D eigenvalue weighted by Crippen LogP contribution is -1.90. The molecule has 0 bridgehead atoms. The Morgan fingerprint density at radius 2 is 1.62 bits per heavy atom. The molecule has 16 heavy (non-hydrogen) atoms. The van der Waals surface area contributed by atoms with E-state index in [0.717, 1.165) is 6.07 Å². The molecule has 2 aromatic carbocycles. The van der Waals surface area contributed by atoms with Crippen molar-refractivity contribution >= 4 is 22.6 Å². The first-order valence-corrected chi connectivity index (χ1v) is 5.57. The van der Waals surface area contributed by atoms with Gasteiger partial charge in [0, 0.05) is 9.13 Å². The Hall–Kier alpha value is -1.04. The first-order chi connectivity index (χ1) is 7.59. The third-order valence-electron chi connectivity index (χ3n) is 2.18. The van der Waals surface area contributed by atoms with Gasteiger partial charge in [0.1, 0.15) is 5.82 Å². The molecule has 0 fully saturated rings. The van der Waals surface area contributed by atoms with Gasteiger partial charge >= 0.3 is 0 Å². The fraction of sp³-hybridized carbons (Fsp3) is 0. The fourth-order valence-corrected chi connectivity index (χ4v) is 1.91. The maximum absolute atomic E-state index is 13.4. The van der Waals surface area contributed by atoms with Crippen molar-refractivity contribution in [3.63, 3.8) is 0 Å². The summed E-state index contributed by atoms with van der Waals surface area (Å²) in [5.41, 5.74) is 0.598. The van der Waals surface area contributed by atoms with Gasteiger partial charge in [-0.25, -0.2) is 13.2 Å². The normalized spacial score (nSPS) is 10.5. The largest absolute Gasteiger partial charge is 0.206 e. The molecule has 4 heteroatoms. The number of halogens is 4. The minimum absolute atomic E-state index is 0.137. The Morgan fingerprint density at radius 1 is 0.875 bits per heavy atom. The van der Waals surface area contributed by atoms with Crippen LogP contribution in [0.25, 0.3) is 11.1 Å². The minimum atomic E-state index is -0.912. The van der Waals surface area contributed by atoms with Gasteiger partial charge < -0.3 is 0 Å². The molecule has 0 spiro atoms. The van der Waals surface area contributed by atoms with Gasteiger partial charge in [0.25, 0.3) is 0 Å². The lowest BCUT2D eigenvalue weighted by Gasteiger charge is -2.05. The summed E-state index contributed by atoms with van der Waals surface area (Å²) in [6.45, 7) is 0. The van der Waals surface area contributed by atoms with Gasteiger partial charge in [0.2, 0.25) is 0 Å². The maximum Gasteiger partial charge on any atom is 0.166 e. The van der Waals surface area contributed by atoms with Crippen LogP contribution in [-0.2, 0) is 0 Å². The van der Waals surface area contributed by atoms with Gasteiger partial charge in [-0.2, -0.15) is 0 Å². The van der Waals surface area contributed by atoms with Crippen molar-refractivity contribution < 1.29 is 13.2 Å². The lowest BCUT2D eigenvalue weighted by atomic mass is 10.1. The second kappa shape index (κ2) is 4.45. The highest BCUT2D eigenvalue weighted by Gasteiger charge is 2.10. The Kier molecular flexibility index (Phi) is 3.18. The van der Waals surface area contributed by atoms with Crippen molar-refractivity contribution in [1.82, 2.24) is 0 Å². The van der Waals surface area contributed by atoms with Crippen molar-refractivity contribution in [3.05, 3.63) is 57.4 Å². The van der Waals surface area contributed by atoms with E-state index in [1.807, 2.05) is 0 Å². The highest BCUT2D eigenvalue weighted by Crippen LogP contribution is 2.26. The van der Waals surface area contributed by atoms with E-state index in [0.29, 0.717) is 9.13 Å². The topological polar surface area (TPSA) is 0 Å². The van der Waals surface area contributed by atoms with Crippen LogP contribution in [0.5, 0.6) is 0 Å². The summed E-state index contributed by atoms with van der Waals surface area (Å²) in [7, 11) is 0. The van der Waals surface area contributed by atoms with Crippen molar-refractivity contribution in [2.24, 2.45) is 0 Å². The van der Waals surface area contributed by atoms with Crippen molar-refractivity contribution in [3.8, 4) is 11.1 Å². The van der Waals surface area contributed by atoms with Crippen LogP contribution in [0, 0.1) is 21.0 Å². The molecule has 0 heterocycles. The van der Waals surface area contributed by atoms with E-state index in [4.69, 9.17) is 0 Å². The quantitative estimate of drug-likeness (QED) is 0.679. The van der Waals surface area contributed by atoms with E-state index in [9.17, 15) is 13.2 Å². The summed E-state index contributed by atoms with van der Waals surface area (Å²) in [5, 5.41) is 0. The van der Waals surface area contributed by atoms with E-state index < -0.39 is 11.6 Å². The summed E-state index contributed by atoms with van der Waals surface area (Å²) < 4.78 is 39.8. The van der Waals surface area contributed by atoms with E-state index >= 15 is 0 Å². The Labute approximate surface area is 104 Å². The molecule has 0 saturated carbocycles. The molecule has 0 N–H and O–H groups in total. The maximum atomic E-state index is 13.4. The number of rotatable bonds is 1. The molecule has 2 rings (SSSR count). The van der Waals surface area contributed by atoms with Crippen LogP contribution in [0.15, 0.2) is 36.4 Å². The van der Waals surface area contributed by atoms with Gasteiger partial charge in [-0.1, -0.05) is 18.2 Å². The van der Waals surface area contributed by atoms with Crippen molar-refractivity contribution in [2.45, 2.75) is 0 Å². The van der Waals surface area contributed by atoms with E-state index in [1.54, 1.807) is 22.6 Å². The van der Waals surface area contributed by atoms with Gasteiger partial charge in [0.05, 0.1) is 0 Å². The zero-order valence-corrected chi connectivity index (χ0v) is 10.1. The average Bonchev–Trinajstić information content (AvgIpc) is 2.26. The van der Waals surface area contributed by atoms with Crippen LogP contribution in [0.1, 0.15) is 0 Å². The van der Waals surface area contributed by atoms with Crippen LogP contribution >= 0.6 is 22.6 Å². The molecule has 0 atom stereocenters. The zero-order valence-electron chi connectivity index (χ0n) is 7.98. The van der Waals surface area contributed by atoms with Gasteiger partial charge in [0.15, 0.2) is 11.6 Å². The highest BCUT2D eigenvalue weighted by molar-refractivity contribution is 14.1. The van der Waals surface area contributed by atoms with Crippen LogP contribution in [-0.4, -0.2) is 0 Å². The van der Waals surface area contributed by atoms with Crippen molar-refractivity contribution in [2.75, 3.05) is 0 Å². The smallest absolute Gasteiger partial charge is 0.166 e. The van der Waals surface area contributed by atoms with Crippen LogP contribution < -0.4 is 0 Å². The summed E-state index contributed by atoms with van der Waals surface area (Å²) in [4.78, 5) is 0. The summed E-state index contributed by atoms with van der Waals surface area (Å²) in [6, 6.07) is 8.07. The fourth-order valence-electron chi connectivity index (χ4n) is 1.39. The Balaban J connectivity index is 2.59. The summed E-state index contributed by atoms with van der Waals surface area (Å²) in [5.74, 6) is -2.19. The molecule has 0 aliphatic heterocycles. The Bertz CT molecular complexity index is 538. The second-order valence-electron chi connectivity index (χ2n) is 3.23. The lowest BCUT2D eigenvalue weighted by molar-refractivity contribution is 0.511. The third kappa shape index (κ3) is 2.07. The molecule has 0 saturated heterocycles. The molecule has 0 nitrogen and oxygen atoms in total. The SMILES string of the molecule is Fc1ccc(-c2cccc(F)c2F)cc1I. The molecule has 0 aliphatic carbocycles. The number of hydrogen-bond acceptors (Lipinski definition) is 0. The molecule has 2 aromatic rings. The standard InChI is InChI=1S/C12H6F3I/c13-9-5-4-7(6-11(9)16)8-2-1-3-10(14)12(8)15/h1-6H. The summed E-state index contributed by atoms with van der Waals surface area (Å²) in [6.07, 6.45) is 0. The zero-order chi connectivity index (χ0) is 11.7. The predicted molar refractivity (Wildman–Crippen MR) is 64.5 cm³/mol. The van der Waals surface area contributed by atoms with Crippen LogP contribution in [0.3, 0.4) is 0 Å². The highest BCUT2D eigenvalue weighted by atomic mass is 127. The minimum Gasteiger partial charge on any atom is -0.206 e. The molecule has 0 unspecified atom stereocenters. The van der Waals surface area contributed by atoms with E-state index in [-0.39, 0.29) is 11.4 Å². The van der Waals surface area contributed by atoms with Gasteiger partial charge in [-0.05, 0) is 46.4 Å². The van der Waals surface area contributed by atoms with Crippen LogP contribution in [0.4, 0.5) is 13.2 Å². The molecular weight excluding hydrogens is 328 g/mol. The van der Waals surface area contributed by atoms with E-state index in [2.05, 4.69) is 0 Å². The van der Waals surface area contributed by atoms with Gasteiger partial charge in [-0.3, -0.25) is 0 Å². The molecule has 0 amide bonds. The van der Waals surface area contributed by atoms with Gasteiger partial charge in [-0.15, -0.1) is 0 Å². The molecule has 0 aromatic heterocycles. The average molecular weight is 334 g/mol. The van der Waals surface area contributed by atoms with Crippen molar-refractivity contribution in [1.29, 1.82) is 0 Å². The Morgan fingerprint density at radius 3 is 2.31 bits per heavy atom. The first kappa shape index (κ1) is 11.4. The van der Waals surface area contributed by atoms with E-state index in [1.165, 1.54) is 30.3 Å². The number of benzene rings is 2. The monoisotopic (exact) mass is 334 g/mol. The third-order valence-corrected chi connectivity index (χ3v) is 3.01. The molecule has 0 radical (unpaired) electrons. The predicted octanol–water partition coefficient (Wildman–Crippen LogP) is 4.38. The van der Waals surface area contributed by atoms with Crippen LogP contribution in [0.2, 0.25) is 0 Å². The molecule has 82 valence electrons. The summed E-state index contributed by atoms with van der Waals surface area (Å²) >= 11 is 1.81. The number of hydrogen-bond donors (Lipinski definition) is 0. The molecule has 0 aliphatic rings. The second-order valence-corrected chi connectivity index (χ2v) is 4.39.